The molecule has 3 rings (SSSR count). The molecular formula is C20H20N2OS. The number of phenols is 1. The maximum Gasteiger partial charge on any atom is 0.143 e. The smallest absolute Gasteiger partial charge is 0.143 e. The minimum absolute atomic E-state index is 0.147. The first-order valence-electron chi connectivity index (χ1n) is 8.14. The van der Waals surface area contributed by atoms with E-state index in [2.05, 4.69) is 23.2 Å². The number of thioether (sulfide) groups is 1. The highest BCUT2D eigenvalue weighted by Crippen LogP contribution is 2.37. The van der Waals surface area contributed by atoms with Crippen LogP contribution < -0.4 is 0 Å². The monoisotopic (exact) mass is 336 g/mol. The van der Waals surface area contributed by atoms with Gasteiger partial charge in [0.25, 0.3) is 0 Å². The maximum atomic E-state index is 10.2. The van der Waals surface area contributed by atoms with Crippen LogP contribution >= 0.6 is 11.8 Å². The van der Waals surface area contributed by atoms with Crippen LogP contribution in [0.5, 0.6) is 5.75 Å². The van der Waals surface area contributed by atoms with Gasteiger partial charge in [-0.2, -0.15) is 0 Å². The molecule has 122 valence electrons. The fourth-order valence-corrected chi connectivity index (χ4v) is 3.53. The van der Waals surface area contributed by atoms with E-state index < -0.39 is 0 Å². The summed E-state index contributed by atoms with van der Waals surface area (Å²) in [6.45, 7) is 2.19. The van der Waals surface area contributed by atoms with E-state index in [1.54, 1.807) is 17.8 Å². The average molecular weight is 336 g/mol. The van der Waals surface area contributed by atoms with Gasteiger partial charge >= 0.3 is 0 Å². The van der Waals surface area contributed by atoms with E-state index in [1.807, 2.05) is 48.5 Å². The molecule has 0 spiro atoms. The van der Waals surface area contributed by atoms with E-state index in [9.17, 15) is 5.11 Å². The van der Waals surface area contributed by atoms with Crippen LogP contribution in [0.2, 0.25) is 0 Å². The predicted octanol–water partition coefficient (Wildman–Crippen LogP) is 6.85. The molecule has 0 atom stereocenters. The van der Waals surface area contributed by atoms with Crippen LogP contribution in [0.3, 0.4) is 0 Å². The van der Waals surface area contributed by atoms with Crippen LogP contribution in [0.15, 0.2) is 75.8 Å². The molecule has 0 saturated heterocycles. The molecule has 3 aromatic carbocycles. The summed E-state index contributed by atoms with van der Waals surface area (Å²) in [5.41, 5.74) is 1.35. The van der Waals surface area contributed by atoms with Gasteiger partial charge < -0.3 is 5.11 Å². The first-order valence-corrected chi connectivity index (χ1v) is 9.12. The Hall–Kier alpha value is -2.33. The molecule has 3 nitrogen and oxygen atoms in total. The van der Waals surface area contributed by atoms with Crippen LogP contribution in [-0.2, 0) is 0 Å². The predicted molar refractivity (Wildman–Crippen MR) is 102 cm³/mol. The third-order valence-electron chi connectivity index (χ3n) is 3.76. The Morgan fingerprint density at radius 2 is 1.71 bits per heavy atom. The highest BCUT2D eigenvalue weighted by molar-refractivity contribution is 7.99. The van der Waals surface area contributed by atoms with Crippen LogP contribution in [0, 0.1) is 0 Å². The highest BCUT2D eigenvalue weighted by Gasteiger charge is 2.07. The number of phenolic OH excluding ortho intramolecular Hbond substituents is 1. The number of hydrogen-bond acceptors (Lipinski definition) is 4. The SMILES string of the molecule is CCCCSc1ccccc1N=Nc1c(O)ccc2ccccc12. The molecule has 24 heavy (non-hydrogen) atoms. The van der Waals surface area contributed by atoms with Crippen LogP contribution in [0.1, 0.15) is 19.8 Å². The molecule has 0 heterocycles. The van der Waals surface area contributed by atoms with Crippen molar-refractivity contribution in [2.75, 3.05) is 5.75 Å². The number of aromatic hydroxyl groups is 1. The Kier molecular flexibility index (Phi) is 5.49. The lowest BCUT2D eigenvalue weighted by molar-refractivity contribution is 0.477. The lowest BCUT2D eigenvalue weighted by atomic mass is 10.1. The van der Waals surface area contributed by atoms with Gasteiger partial charge in [-0.25, -0.2) is 0 Å². The van der Waals surface area contributed by atoms with Gasteiger partial charge in [-0.05, 0) is 35.8 Å². The largest absolute Gasteiger partial charge is 0.506 e. The second kappa shape index (κ2) is 7.97. The van der Waals surface area contributed by atoms with Crippen LogP contribution in [-0.4, -0.2) is 10.9 Å². The van der Waals surface area contributed by atoms with Crippen molar-refractivity contribution in [2.24, 2.45) is 10.2 Å². The second-order valence-corrected chi connectivity index (χ2v) is 6.66. The normalized spacial score (nSPS) is 11.4. The van der Waals surface area contributed by atoms with E-state index in [1.165, 1.54) is 12.8 Å². The first-order chi connectivity index (χ1) is 11.8. The summed E-state index contributed by atoms with van der Waals surface area (Å²) in [5.74, 6) is 1.22. The maximum absolute atomic E-state index is 10.2. The topological polar surface area (TPSA) is 45.0 Å². The Morgan fingerprint density at radius 1 is 0.917 bits per heavy atom. The molecule has 4 heteroatoms. The zero-order chi connectivity index (χ0) is 16.8. The number of fused-ring (bicyclic) bond motifs is 1. The minimum Gasteiger partial charge on any atom is -0.506 e. The van der Waals surface area contributed by atoms with Gasteiger partial charge in [0.05, 0.1) is 5.69 Å². The zero-order valence-corrected chi connectivity index (χ0v) is 14.5. The molecule has 0 radical (unpaired) electrons. The van der Waals surface area contributed by atoms with Crippen molar-refractivity contribution < 1.29 is 5.11 Å². The van der Waals surface area contributed by atoms with E-state index in [4.69, 9.17) is 0 Å². The summed E-state index contributed by atoms with van der Waals surface area (Å²) in [6.07, 6.45) is 2.36. The van der Waals surface area contributed by atoms with Crippen molar-refractivity contribution in [3.63, 3.8) is 0 Å². The molecule has 0 aliphatic carbocycles. The van der Waals surface area contributed by atoms with E-state index >= 15 is 0 Å². The first kappa shape index (κ1) is 16.5. The summed E-state index contributed by atoms with van der Waals surface area (Å²) in [4.78, 5) is 1.12. The lowest BCUT2D eigenvalue weighted by Crippen LogP contribution is -1.79. The molecule has 0 amide bonds. The molecule has 1 N–H and O–H groups in total. The molecule has 0 aliphatic rings. The van der Waals surface area contributed by atoms with E-state index in [-0.39, 0.29) is 5.75 Å². The van der Waals surface area contributed by atoms with Gasteiger partial charge in [0.2, 0.25) is 0 Å². The van der Waals surface area contributed by atoms with E-state index in [0.717, 1.165) is 27.1 Å². The van der Waals surface area contributed by atoms with Crippen molar-refractivity contribution >= 4 is 33.9 Å². The number of rotatable bonds is 6. The summed E-state index contributed by atoms with van der Waals surface area (Å²) in [7, 11) is 0. The number of azo groups is 1. The Bertz CT molecular complexity index is 861. The zero-order valence-electron chi connectivity index (χ0n) is 13.6. The number of unbranched alkanes of at least 4 members (excludes halogenated alkanes) is 1. The van der Waals surface area contributed by atoms with Gasteiger partial charge in [0, 0.05) is 10.3 Å². The molecule has 0 bridgehead atoms. The van der Waals surface area contributed by atoms with Crippen molar-refractivity contribution in [2.45, 2.75) is 24.7 Å². The third-order valence-corrected chi connectivity index (χ3v) is 4.91. The van der Waals surface area contributed by atoms with E-state index in [0.29, 0.717) is 5.69 Å². The van der Waals surface area contributed by atoms with Crippen LogP contribution in [0.25, 0.3) is 10.8 Å². The van der Waals surface area contributed by atoms with Crippen LogP contribution in [0.4, 0.5) is 11.4 Å². The fraction of sp³-hybridized carbons (Fsp3) is 0.200. The number of hydrogen-bond donors (Lipinski definition) is 1. The lowest BCUT2D eigenvalue weighted by Gasteiger charge is -2.05. The molecule has 0 aliphatic heterocycles. The van der Waals surface area contributed by atoms with Gasteiger partial charge in [-0.15, -0.1) is 22.0 Å². The molecule has 0 fully saturated rings. The number of benzene rings is 3. The summed E-state index contributed by atoms with van der Waals surface area (Å²) in [6, 6.07) is 19.4. The molecule has 0 saturated carbocycles. The van der Waals surface area contributed by atoms with Crippen molar-refractivity contribution in [3.05, 3.63) is 60.7 Å². The Balaban J connectivity index is 1.93. The van der Waals surface area contributed by atoms with Gasteiger partial charge in [0.15, 0.2) is 0 Å². The number of nitrogens with zero attached hydrogens (tertiary/aromatic N) is 2. The van der Waals surface area contributed by atoms with Gasteiger partial charge in [0.1, 0.15) is 11.4 Å². The summed E-state index contributed by atoms with van der Waals surface area (Å²) >= 11 is 1.80. The second-order valence-electron chi connectivity index (χ2n) is 5.52. The molecule has 0 aromatic heterocycles. The van der Waals surface area contributed by atoms with Crippen molar-refractivity contribution in [1.82, 2.24) is 0 Å². The Labute approximate surface area is 146 Å². The van der Waals surface area contributed by atoms with Gasteiger partial charge in [-0.1, -0.05) is 55.8 Å². The molecule has 3 aromatic rings. The standard InChI is InChI=1S/C20H20N2OS/c1-2-3-14-24-19-11-7-6-10-17(19)21-22-20-16-9-5-4-8-15(16)12-13-18(20)23/h4-13,23H,2-3,14H2,1H3. The fourth-order valence-electron chi connectivity index (χ4n) is 2.44. The minimum atomic E-state index is 0.147. The Morgan fingerprint density at radius 3 is 2.58 bits per heavy atom. The summed E-state index contributed by atoms with van der Waals surface area (Å²) < 4.78 is 0. The van der Waals surface area contributed by atoms with Crippen molar-refractivity contribution in [1.29, 1.82) is 0 Å². The van der Waals surface area contributed by atoms with Crippen molar-refractivity contribution in [3.8, 4) is 5.75 Å². The average Bonchev–Trinajstić information content (AvgIpc) is 2.62. The van der Waals surface area contributed by atoms with Gasteiger partial charge in [-0.3, -0.25) is 0 Å². The summed E-state index contributed by atoms with van der Waals surface area (Å²) in [5, 5.41) is 20.9. The highest BCUT2D eigenvalue weighted by atomic mass is 32.2. The molecular weight excluding hydrogens is 316 g/mol. The third kappa shape index (κ3) is 3.77. The molecule has 0 unspecified atom stereocenters. The quantitative estimate of drug-likeness (QED) is 0.304.